The molecule has 0 unspecified atom stereocenters. The highest BCUT2D eigenvalue weighted by atomic mass is 35.5. The van der Waals surface area contributed by atoms with E-state index in [0.29, 0.717) is 0 Å². The van der Waals surface area contributed by atoms with Crippen molar-refractivity contribution in [2.75, 3.05) is 18.0 Å². The van der Waals surface area contributed by atoms with Gasteiger partial charge in [-0.1, -0.05) is 18.2 Å². The molecule has 0 saturated carbocycles. The number of nitrogens with one attached hydrogen (secondary N) is 1. The van der Waals surface area contributed by atoms with Crippen molar-refractivity contribution in [1.82, 2.24) is 20.1 Å². The molecule has 0 amide bonds. The van der Waals surface area contributed by atoms with Gasteiger partial charge in [-0.15, -0.1) is 12.4 Å². The Kier molecular flexibility index (Phi) is 4.98. The van der Waals surface area contributed by atoms with Gasteiger partial charge in [-0.2, -0.15) is 5.10 Å². The molecule has 2 heterocycles. The first-order valence-electron chi connectivity index (χ1n) is 6.78. The van der Waals surface area contributed by atoms with Crippen molar-refractivity contribution in [3.8, 4) is 0 Å². The third-order valence-corrected chi connectivity index (χ3v) is 3.53. The molecule has 0 aliphatic carbocycles. The minimum atomic E-state index is 0. The Hall–Kier alpha value is -1.59. The van der Waals surface area contributed by atoms with Crippen LogP contribution in [0.15, 0.2) is 30.6 Å². The number of benzene rings is 1. The number of aryl methyl sites for hydroxylation is 1. The summed E-state index contributed by atoms with van der Waals surface area (Å²) in [4.78, 5) is 6.75. The third-order valence-electron chi connectivity index (χ3n) is 3.53. The van der Waals surface area contributed by atoms with Gasteiger partial charge < -0.3 is 10.2 Å². The van der Waals surface area contributed by atoms with Gasteiger partial charge in [0.15, 0.2) is 0 Å². The number of nitrogens with zero attached hydrogens (tertiary/aromatic N) is 4. The maximum atomic E-state index is 4.37. The Morgan fingerprint density at radius 1 is 1.30 bits per heavy atom. The fourth-order valence-electron chi connectivity index (χ4n) is 2.54. The minimum Gasteiger partial charge on any atom is -0.362 e. The number of para-hydroxylation sites is 1. The lowest BCUT2D eigenvalue weighted by Gasteiger charge is -2.24. The van der Waals surface area contributed by atoms with E-state index in [9.17, 15) is 0 Å². The summed E-state index contributed by atoms with van der Waals surface area (Å²) in [7, 11) is 0. The molecule has 5 nitrogen and oxygen atoms in total. The summed E-state index contributed by atoms with van der Waals surface area (Å²) >= 11 is 0. The fraction of sp³-hybridized carbons (Fsp3) is 0.429. The average Bonchev–Trinajstić information content (AvgIpc) is 2.80. The van der Waals surface area contributed by atoms with E-state index in [4.69, 9.17) is 0 Å². The summed E-state index contributed by atoms with van der Waals surface area (Å²) < 4.78 is 1.96. The first-order valence-corrected chi connectivity index (χ1v) is 6.78. The Morgan fingerprint density at radius 2 is 2.15 bits per heavy atom. The van der Waals surface area contributed by atoms with Gasteiger partial charge in [0.2, 0.25) is 0 Å². The van der Waals surface area contributed by atoms with Crippen molar-refractivity contribution in [2.45, 2.75) is 26.6 Å². The zero-order valence-corrected chi connectivity index (χ0v) is 12.4. The Labute approximate surface area is 125 Å². The van der Waals surface area contributed by atoms with Crippen LogP contribution in [0.5, 0.6) is 0 Å². The second-order valence-corrected chi connectivity index (χ2v) is 4.72. The highest BCUT2D eigenvalue weighted by Crippen LogP contribution is 2.23. The van der Waals surface area contributed by atoms with Crippen molar-refractivity contribution in [1.29, 1.82) is 0 Å². The van der Waals surface area contributed by atoms with Gasteiger partial charge in [-0.3, -0.25) is 0 Å². The van der Waals surface area contributed by atoms with Crippen LogP contribution in [0.3, 0.4) is 0 Å². The smallest absolute Gasteiger partial charge is 0.146 e. The van der Waals surface area contributed by atoms with Gasteiger partial charge in [-0.25, -0.2) is 9.67 Å². The molecule has 0 fully saturated rings. The van der Waals surface area contributed by atoms with Crippen LogP contribution in [-0.4, -0.2) is 27.9 Å². The zero-order valence-electron chi connectivity index (χ0n) is 11.6. The Balaban J connectivity index is 0.00000147. The lowest BCUT2D eigenvalue weighted by molar-refractivity contribution is 0.598. The van der Waals surface area contributed by atoms with Gasteiger partial charge in [0.25, 0.3) is 0 Å². The van der Waals surface area contributed by atoms with Gasteiger partial charge in [0.05, 0.1) is 6.54 Å². The molecule has 1 aliphatic heterocycles. The molecular formula is C14H20ClN5. The van der Waals surface area contributed by atoms with Gasteiger partial charge >= 0.3 is 0 Å². The fourth-order valence-corrected chi connectivity index (χ4v) is 2.54. The van der Waals surface area contributed by atoms with Gasteiger partial charge in [0.1, 0.15) is 12.2 Å². The molecule has 1 aromatic heterocycles. The second-order valence-electron chi connectivity index (χ2n) is 4.72. The molecule has 0 spiro atoms. The van der Waals surface area contributed by atoms with Crippen molar-refractivity contribution in [3.63, 3.8) is 0 Å². The zero-order chi connectivity index (χ0) is 13.1. The molecular weight excluding hydrogens is 274 g/mol. The van der Waals surface area contributed by atoms with Crippen LogP contribution in [0, 0.1) is 0 Å². The first kappa shape index (κ1) is 14.8. The summed E-state index contributed by atoms with van der Waals surface area (Å²) in [6.07, 6.45) is 1.64. The van der Waals surface area contributed by atoms with E-state index in [1.54, 1.807) is 6.33 Å². The monoisotopic (exact) mass is 293 g/mol. The number of hydrogen-bond acceptors (Lipinski definition) is 4. The van der Waals surface area contributed by atoms with Crippen molar-refractivity contribution >= 4 is 18.1 Å². The lowest BCUT2D eigenvalue weighted by atomic mass is 10.1. The lowest BCUT2D eigenvalue weighted by Crippen LogP contribution is -2.29. The summed E-state index contributed by atoms with van der Waals surface area (Å²) in [5.74, 6) is 1.03. The maximum absolute atomic E-state index is 4.37. The highest BCUT2D eigenvalue weighted by Gasteiger charge is 2.16. The van der Waals surface area contributed by atoms with Crippen molar-refractivity contribution in [2.24, 2.45) is 0 Å². The second kappa shape index (κ2) is 6.72. The van der Waals surface area contributed by atoms with Crippen molar-refractivity contribution < 1.29 is 0 Å². The number of anilines is 1. The molecule has 0 atom stereocenters. The van der Waals surface area contributed by atoms with Crippen molar-refractivity contribution in [3.05, 3.63) is 42.0 Å². The Morgan fingerprint density at radius 3 is 3.00 bits per heavy atom. The standard InChI is InChI=1S/C14H19N5.ClH/c1-2-19-14(16-11-17-19)10-18-8-7-15-9-12-5-3-4-6-13(12)18;/h3-6,11,15H,2,7-10H2,1H3;1H. The topological polar surface area (TPSA) is 46.0 Å². The van der Waals surface area contributed by atoms with E-state index in [-0.39, 0.29) is 12.4 Å². The average molecular weight is 294 g/mol. The molecule has 0 bridgehead atoms. The van der Waals surface area contributed by atoms with E-state index in [2.05, 4.69) is 51.5 Å². The molecule has 3 rings (SSSR count). The summed E-state index contributed by atoms with van der Waals surface area (Å²) in [6.45, 7) is 6.70. The van der Waals surface area contributed by atoms with E-state index in [1.807, 2.05) is 4.68 Å². The predicted molar refractivity (Wildman–Crippen MR) is 82.1 cm³/mol. The molecule has 20 heavy (non-hydrogen) atoms. The normalized spacial score (nSPS) is 14.3. The van der Waals surface area contributed by atoms with E-state index < -0.39 is 0 Å². The van der Waals surface area contributed by atoms with Crippen LogP contribution < -0.4 is 10.2 Å². The van der Waals surface area contributed by atoms with E-state index in [1.165, 1.54) is 11.3 Å². The molecule has 1 N–H and O–H groups in total. The predicted octanol–water partition coefficient (Wildman–Crippen LogP) is 1.83. The molecule has 2 aromatic rings. The largest absolute Gasteiger partial charge is 0.362 e. The number of fused-ring (bicyclic) bond motifs is 1. The van der Waals surface area contributed by atoms with Crippen LogP contribution in [0.4, 0.5) is 5.69 Å². The summed E-state index contributed by atoms with van der Waals surface area (Å²) in [6, 6.07) is 8.57. The number of halogens is 1. The molecule has 0 radical (unpaired) electrons. The molecule has 1 aliphatic rings. The van der Waals surface area contributed by atoms with Gasteiger partial charge in [0, 0.05) is 31.9 Å². The summed E-state index contributed by atoms with van der Waals surface area (Å²) in [5.41, 5.74) is 2.65. The van der Waals surface area contributed by atoms with Crippen LogP contribution in [0.1, 0.15) is 18.3 Å². The molecule has 1 aromatic carbocycles. The highest BCUT2D eigenvalue weighted by molar-refractivity contribution is 5.85. The van der Waals surface area contributed by atoms with E-state index in [0.717, 1.165) is 38.5 Å². The molecule has 6 heteroatoms. The van der Waals surface area contributed by atoms with Crippen LogP contribution >= 0.6 is 12.4 Å². The molecule has 0 saturated heterocycles. The van der Waals surface area contributed by atoms with Crippen LogP contribution in [0.25, 0.3) is 0 Å². The van der Waals surface area contributed by atoms with Crippen LogP contribution in [-0.2, 0) is 19.6 Å². The van der Waals surface area contributed by atoms with Crippen LogP contribution in [0.2, 0.25) is 0 Å². The Bertz CT molecular complexity index is 554. The molecule has 108 valence electrons. The first-order chi connectivity index (χ1) is 9.38. The van der Waals surface area contributed by atoms with E-state index >= 15 is 0 Å². The number of aromatic nitrogens is 3. The SMILES string of the molecule is CCn1ncnc1CN1CCNCc2ccccc21.Cl. The summed E-state index contributed by atoms with van der Waals surface area (Å²) in [5, 5.41) is 7.70. The third kappa shape index (κ3) is 2.94. The van der Waals surface area contributed by atoms with Gasteiger partial charge in [-0.05, 0) is 18.6 Å². The number of hydrogen-bond donors (Lipinski definition) is 1. The number of rotatable bonds is 3. The quantitative estimate of drug-likeness (QED) is 0.938. The maximum Gasteiger partial charge on any atom is 0.146 e. The minimum absolute atomic E-state index is 0.